The van der Waals surface area contributed by atoms with E-state index in [0.29, 0.717) is 11.3 Å². The monoisotopic (exact) mass is 359 g/mol. The van der Waals surface area contributed by atoms with E-state index in [-0.39, 0.29) is 6.61 Å². The maximum absolute atomic E-state index is 12.3. The van der Waals surface area contributed by atoms with Gasteiger partial charge in [0.25, 0.3) is 11.8 Å². The first-order chi connectivity index (χ1) is 13.2. The van der Waals surface area contributed by atoms with Gasteiger partial charge in [-0.1, -0.05) is 48.5 Å². The number of amides is 2. The average molecular weight is 359 g/mol. The van der Waals surface area contributed by atoms with Gasteiger partial charge >= 0.3 is 0 Å². The summed E-state index contributed by atoms with van der Waals surface area (Å²) in [7, 11) is 0. The molecule has 4 aromatic rings. The number of aromatic nitrogens is 1. The lowest BCUT2D eigenvalue weighted by Gasteiger charge is -2.09. The summed E-state index contributed by atoms with van der Waals surface area (Å²) in [6.07, 6.45) is 1.61. The number of aromatic amines is 1. The zero-order valence-electron chi connectivity index (χ0n) is 14.4. The summed E-state index contributed by atoms with van der Waals surface area (Å²) >= 11 is 0. The maximum atomic E-state index is 12.3. The number of benzene rings is 3. The second kappa shape index (κ2) is 7.21. The lowest BCUT2D eigenvalue weighted by atomic mass is 10.1. The van der Waals surface area contributed by atoms with E-state index >= 15 is 0 Å². The van der Waals surface area contributed by atoms with Crippen molar-refractivity contribution in [1.82, 2.24) is 15.8 Å². The molecule has 0 aliphatic carbocycles. The van der Waals surface area contributed by atoms with Gasteiger partial charge in [-0.25, -0.2) is 0 Å². The minimum Gasteiger partial charge on any atom is -0.484 e. The molecule has 1 heterocycles. The molecule has 2 amide bonds. The summed E-state index contributed by atoms with van der Waals surface area (Å²) in [5, 5.41) is 2.92. The molecule has 0 saturated carbocycles. The summed E-state index contributed by atoms with van der Waals surface area (Å²) in [6.45, 7) is -0.202. The quantitative estimate of drug-likeness (QED) is 0.490. The van der Waals surface area contributed by atoms with Gasteiger partial charge in [0.1, 0.15) is 5.75 Å². The summed E-state index contributed by atoms with van der Waals surface area (Å²) in [4.78, 5) is 27.2. The molecule has 3 aromatic carbocycles. The number of rotatable bonds is 4. The van der Waals surface area contributed by atoms with Gasteiger partial charge in [-0.15, -0.1) is 0 Å². The molecule has 0 unspecified atom stereocenters. The highest BCUT2D eigenvalue weighted by Gasteiger charge is 2.12. The molecule has 0 spiro atoms. The summed E-state index contributed by atoms with van der Waals surface area (Å²) in [6, 6.07) is 20.9. The van der Waals surface area contributed by atoms with E-state index in [4.69, 9.17) is 4.74 Å². The Labute approximate surface area is 155 Å². The van der Waals surface area contributed by atoms with E-state index < -0.39 is 11.8 Å². The zero-order chi connectivity index (χ0) is 18.6. The number of hydrogen-bond donors (Lipinski definition) is 3. The van der Waals surface area contributed by atoms with Crippen LogP contribution in [0.3, 0.4) is 0 Å². The molecule has 6 heteroatoms. The fourth-order valence-electron chi connectivity index (χ4n) is 2.90. The number of nitrogens with one attached hydrogen (secondary N) is 3. The van der Waals surface area contributed by atoms with E-state index in [2.05, 4.69) is 15.8 Å². The number of ether oxygens (including phenoxy) is 1. The van der Waals surface area contributed by atoms with Crippen molar-refractivity contribution in [2.24, 2.45) is 0 Å². The van der Waals surface area contributed by atoms with Gasteiger partial charge in [-0.2, -0.15) is 0 Å². The van der Waals surface area contributed by atoms with Crippen molar-refractivity contribution in [2.75, 3.05) is 6.61 Å². The van der Waals surface area contributed by atoms with Crippen molar-refractivity contribution in [3.8, 4) is 5.75 Å². The molecule has 0 aliphatic heterocycles. The molecule has 134 valence electrons. The Kier molecular flexibility index (Phi) is 4.45. The second-order valence-corrected chi connectivity index (χ2v) is 6.05. The molecule has 0 bridgehead atoms. The van der Waals surface area contributed by atoms with Crippen molar-refractivity contribution >= 4 is 33.5 Å². The lowest BCUT2D eigenvalue weighted by Crippen LogP contribution is -2.43. The molecule has 4 rings (SSSR count). The normalized spacial score (nSPS) is 10.7. The number of fused-ring (bicyclic) bond motifs is 2. The predicted octanol–water partition coefficient (Wildman–Crippen LogP) is 3.16. The molecule has 0 saturated heterocycles. The molecule has 0 aliphatic rings. The van der Waals surface area contributed by atoms with Crippen LogP contribution >= 0.6 is 0 Å². The Morgan fingerprint density at radius 3 is 2.56 bits per heavy atom. The molecule has 3 N–H and O–H groups in total. The number of carbonyl (C=O) groups is 2. The fraction of sp³-hybridized carbons (Fsp3) is 0.0476. The molecule has 0 fully saturated rings. The molecular weight excluding hydrogens is 342 g/mol. The highest BCUT2D eigenvalue weighted by atomic mass is 16.5. The molecule has 6 nitrogen and oxygen atoms in total. The Bertz CT molecular complexity index is 1130. The van der Waals surface area contributed by atoms with Crippen LogP contribution in [-0.2, 0) is 4.79 Å². The van der Waals surface area contributed by atoms with Gasteiger partial charge in [0.05, 0.1) is 5.56 Å². The van der Waals surface area contributed by atoms with Crippen LogP contribution in [0.2, 0.25) is 0 Å². The van der Waals surface area contributed by atoms with Gasteiger partial charge in [-0.05, 0) is 29.0 Å². The second-order valence-electron chi connectivity index (χ2n) is 6.05. The van der Waals surface area contributed by atoms with Crippen LogP contribution in [0.1, 0.15) is 10.4 Å². The summed E-state index contributed by atoms with van der Waals surface area (Å²) in [5.41, 5.74) is 6.08. The molecular formula is C21H17N3O3. The molecule has 0 radical (unpaired) electrons. The minimum atomic E-state index is -0.448. The average Bonchev–Trinajstić information content (AvgIpc) is 3.14. The Hall–Kier alpha value is -3.80. The highest BCUT2D eigenvalue weighted by molar-refractivity contribution is 6.07. The van der Waals surface area contributed by atoms with Gasteiger partial charge in [0.15, 0.2) is 6.61 Å². The lowest BCUT2D eigenvalue weighted by molar-refractivity contribution is -0.123. The van der Waals surface area contributed by atoms with Gasteiger partial charge in [0.2, 0.25) is 0 Å². The third kappa shape index (κ3) is 3.59. The molecule has 0 atom stereocenters. The van der Waals surface area contributed by atoms with Crippen molar-refractivity contribution in [1.29, 1.82) is 0 Å². The van der Waals surface area contributed by atoms with E-state index in [1.807, 2.05) is 60.7 Å². The zero-order valence-corrected chi connectivity index (χ0v) is 14.4. The van der Waals surface area contributed by atoms with Crippen molar-refractivity contribution < 1.29 is 14.3 Å². The number of hydrazine groups is 1. The van der Waals surface area contributed by atoms with Crippen LogP contribution in [-0.4, -0.2) is 23.4 Å². The third-order valence-corrected chi connectivity index (χ3v) is 4.24. The molecule has 27 heavy (non-hydrogen) atoms. The number of carbonyl (C=O) groups excluding carboxylic acids is 2. The number of H-pyrrole nitrogens is 1. The topological polar surface area (TPSA) is 83.2 Å². The first-order valence-corrected chi connectivity index (χ1v) is 8.47. The van der Waals surface area contributed by atoms with Crippen molar-refractivity contribution in [3.05, 3.63) is 78.5 Å². The summed E-state index contributed by atoms with van der Waals surface area (Å²) in [5.74, 6) is -0.255. The van der Waals surface area contributed by atoms with Gasteiger partial charge in [0, 0.05) is 17.1 Å². The van der Waals surface area contributed by atoms with Crippen molar-refractivity contribution in [2.45, 2.75) is 0 Å². The van der Waals surface area contributed by atoms with E-state index in [9.17, 15) is 9.59 Å². The van der Waals surface area contributed by atoms with Crippen LogP contribution in [0.15, 0.2) is 72.9 Å². The third-order valence-electron chi connectivity index (χ3n) is 4.24. The van der Waals surface area contributed by atoms with Crippen LogP contribution in [0.25, 0.3) is 21.7 Å². The first-order valence-electron chi connectivity index (χ1n) is 8.47. The van der Waals surface area contributed by atoms with Crippen LogP contribution < -0.4 is 15.6 Å². The standard InChI is InChI=1S/C21H17N3O3/c25-20(13-27-16-10-9-14-5-1-2-6-15(14)11-16)23-24-21(26)18-12-22-19-8-4-3-7-17(18)19/h1-12,22H,13H2,(H,23,25)(H,24,26). The SMILES string of the molecule is O=C(COc1ccc2ccccc2c1)NNC(=O)c1c[nH]c2ccccc12. The fourth-order valence-corrected chi connectivity index (χ4v) is 2.90. The Balaban J connectivity index is 1.33. The van der Waals surface area contributed by atoms with Crippen LogP contribution in [0.4, 0.5) is 0 Å². The Morgan fingerprint density at radius 2 is 1.67 bits per heavy atom. The van der Waals surface area contributed by atoms with E-state index in [0.717, 1.165) is 21.7 Å². The van der Waals surface area contributed by atoms with Crippen LogP contribution in [0.5, 0.6) is 5.75 Å². The molecule has 1 aromatic heterocycles. The largest absolute Gasteiger partial charge is 0.484 e. The number of para-hydroxylation sites is 1. The van der Waals surface area contributed by atoms with Gasteiger partial charge < -0.3 is 9.72 Å². The predicted molar refractivity (Wildman–Crippen MR) is 103 cm³/mol. The highest BCUT2D eigenvalue weighted by Crippen LogP contribution is 2.20. The minimum absolute atomic E-state index is 0.202. The van der Waals surface area contributed by atoms with E-state index in [1.54, 1.807) is 12.3 Å². The first kappa shape index (κ1) is 16.7. The maximum Gasteiger partial charge on any atom is 0.276 e. The van der Waals surface area contributed by atoms with Crippen molar-refractivity contribution in [3.63, 3.8) is 0 Å². The van der Waals surface area contributed by atoms with Crippen LogP contribution in [0, 0.1) is 0 Å². The summed E-state index contributed by atoms with van der Waals surface area (Å²) < 4.78 is 5.50. The smallest absolute Gasteiger partial charge is 0.276 e. The van der Waals surface area contributed by atoms with E-state index in [1.165, 1.54) is 0 Å². The number of hydrogen-bond acceptors (Lipinski definition) is 3. The Morgan fingerprint density at radius 1 is 0.889 bits per heavy atom. The van der Waals surface area contributed by atoms with Gasteiger partial charge in [-0.3, -0.25) is 20.4 Å².